The first-order valence-corrected chi connectivity index (χ1v) is 8.22. The van der Waals surface area contributed by atoms with Gasteiger partial charge in [-0.05, 0) is 37.3 Å². The zero-order valence-electron chi connectivity index (χ0n) is 10.9. The SMILES string of the molecule is Cc1cnc(CNC2CC(c3ccccc3Br)C2)s1. The Hall–Kier alpha value is -0.710. The fraction of sp³-hybridized carbons (Fsp3) is 0.400. The number of thiazole rings is 1. The third-order valence-corrected chi connectivity index (χ3v) is 5.33. The molecule has 0 amide bonds. The van der Waals surface area contributed by atoms with Gasteiger partial charge in [0.05, 0.1) is 0 Å². The van der Waals surface area contributed by atoms with E-state index in [1.54, 1.807) is 11.3 Å². The third-order valence-electron chi connectivity index (χ3n) is 3.69. The minimum Gasteiger partial charge on any atom is -0.308 e. The number of rotatable bonds is 4. The maximum absolute atomic E-state index is 4.39. The van der Waals surface area contributed by atoms with Gasteiger partial charge in [-0.25, -0.2) is 4.98 Å². The Morgan fingerprint density at radius 2 is 2.16 bits per heavy atom. The summed E-state index contributed by atoms with van der Waals surface area (Å²) >= 11 is 5.42. The van der Waals surface area contributed by atoms with Crippen LogP contribution in [0.25, 0.3) is 0 Å². The fourth-order valence-electron chi connectivity index (χ4n) is 2.56. The van der Waals surface area contributed by atoms with E-state index in [0.717, 1.165) is 6.54 Å². The molecule has 1 aliphatic carbocycles. The van der Waals surface area contributed by atoms with Gasteiger partial charge in [-0.15, -0.1) is 11.3 Å². The van der Waals surface area contributed by atoms with Crippen LogP contribution >= 0.6 is 27.3 Å². The number of benzene rings is 1. The number of aryl methyl sites for hydroxylation is 1. The molecule has 19 heavy (non-hydrogen) atoms. The summed E-state index contributed by atoms with van der Waals surface area (Å²) in [5.41, 5.74) is 1.45. The van der Waals surface area contributed by atoms with Crippen molar-refractivity contribution in [1.82, 2.24) is 10.3 Å². The molecule has 1 aliphatic rings. The van der Waals surface area contributed by atoms with Crippen LogP contribution in [0.2, 0.25) is 0 Å². The van der Waals surface area contributed by atoms with Crippen LogP contribution in [0, 0.1) is 6.92 Å². The zero-order chi connectivity index (χ0) is 13.2. The van der Waals surface area contributed by atoms with Crippen molar-refractivity contribution in [2.75, 3.05) is 0 Å². The summed E-state index contributed by atoms with van der Waals surface area (Å²) in [6.45, 7) is 3.01. The molecule has 1 fully saturated rings. The molecule has 0 radical (unpaired) electrons. The predicted molar refractivity (Wildman–Crippen MR) is 83.6 cm³/mol. The minimum atomic E-state index is 0.640. The number of aromatic nitrogens is 1. The van der Waals surface area contributed by atoms with Gasteiger partial charge in [0, 0.05) is 28.1 Å². The Labute approximate surface area is 126 Å². The summed E-state index contributed by atoms with van der Waals surface area (Å²) in [6.07, 6.45) is 4.41. The van der Waals surface area contributed by atoms with Crippen molar-refractivity contribution >= 4 is 27.3 Å². The van der Waals surface area contributed by atoms with Gasteiger partial charge >= 0.3 is 0 Å². The van der Waals surface area contributed by atoms with Gasteiger partial charge in [0.15, 0.2) is 0 Å². The molecule has 1 saturated carbocycles. The monoisotopic (exact) mass is 336 g/mol. The quantitative estimate of drug-likeness (QED) is 0.902. The van der Waals surface area contributed by atoms with Crippen LogP contribution in [0.1, 0.15) is 34.2 Å². The van der Waals surface area contributed by atoms with E-state index in [1.807, 2.05) is 6.20 Å². The highest BCUT2D eigenvalue weighted by atomic mass is 79.9. The fourth-order valence-corrected chi connectivity index (χ4v) is 3.91. The van der Waals surface area contributed by atoms with E-state index in [1.165, 1.54) is 32.8 Å². The molecule has 4 heteroatoms. The van der Waals surface area contributed by atoms with Crippen LogP contribution in [0.15, 0.2) is 34.9 Å². The van der Waals surface area contributed by atoms with Gasteiger partial charge in [0.25, 0.3) is 0 Å². The Balaban J connectivity index is 1.49. The molecule has 0 aliphatic heterocycles. The first-order chi connectivity index (χ1) is 9.22. The van der Waals surface area contributed by atoms with Crippen LogP contribution in [0.3, 0.4) is 0 Å². The van der Waals surface area contributed by atoms with Crippen LogP contribution in [-0.4, -0.2) is 11.0 Å². The van der Waals surface area contributed by atoms with Crippen LogP contribution < -0.4 is 5.32 Å². The predicted octanol–water partition coefficient (Wildman–Crippen LogP) is 4.25. The Morgan fingerprint density at radius 1 is 1.37 bits per heavy atom. The number of hydrogen-bond donors (Lipinski definition) is 1. The van der Waals surface area contributed by atoms with Crippen LogP contribution in [0.4, 0.5) is 0 Å². The van der Waals surface area contributed by atoms with Gasteiger partial charge in [-0.3, -0.25) is 0 Å². The lowest BCUT2D eigenvalue weighted by Gasteiger charge is -2.36. The second-order valence-electron chi connectivity index (χ2n) is 5.13. The molecule has 100 valence electrons. The highest BCUT2D eigenvalue weighted by Gasteiger charge is 2.30. The summed E-state index contributed by atoms with van der Waals surface area (Å²) in [6, 6.07) is 9.21. The molecule has 2 nitrogen and oxygen atoms in total. The molecule has 0 atom stereocenters. The molecular formula is C15H17BrN2S. The van der Waals surface area contributed by atoms with Crippen molar-refractivity contribution < 1.29 is 0 Å². The second kappa shape index (κ2) is 5.73. The van der Waals surface area contributed by atoms with Crippen molar-refractivity contribution in [3.63, 3.8) is 0 Å². The van der Waals surface area contributed by atoms with Crippen molar-refractivity contribution in [2.45, 2.75) is 38.3 Å². The first kappa shape index (κ1) is 13.3. The molecule has 1 N–H and O–H groups in total. The average Bonchev–Trinajstić information content (AvgIpc) is 2.75. The van der Waals surface area contributed by atoms with Crippen LogP contribution in [0.5, 0.6) is 0 Å². The minimum absolute atomic E-state index is 0.640. The average molecular weight is 337 g/mol. The first-order valence-electron chi connectivity index (χ1n) is 6.61. The lowest BCUT2D eigenvalue weighted by Crippen LogP contribution is -2.39. The third kappa shape index (κ3) is 3.07. The molecular weight excluding hydrogens is 320 g/mol. The van der Waals surface area contributed by atoms with Gasteiger partial charge in [-0.2, -0.15) is 0 Å². The molecule has 0 unspecified atom stereocenters. The summed E-state index contributed by atoms with van der Waals surface area (Å²) in [7, 11) is 0. The Morgan fingerprint density at radius 3 is 2.84 bits per heavy atom. The van der Waals surface area contributed by atoms with E-state index in [4.69, 9.17) is 0 Å². The standard InChI is InChI=1S/C15H17BrN2S/c1-10-8-18-15(19-10)9-17-12-6-11(7-12)13-4-2-3-5-14(13)16/h2-5,8,11-12,17H,6-7,9H2,1H3. The largest absolute Gasteiger partial charge is 0.308 e. The van der Waals surface area contributed by atoms with Gasteiger partial charge in [0.1, 0.15) is 5.01 Å². The van der Waals surface area contributed by atoms with Gasteiger partial charge in [-0.1, -0.05) is 34.1 Å². The van der Waals surface area contributed by atoms with E-state index in [2.05, 4.69) is 57.4 Å². The molecule has 0 bridgehead atoms. The smallest absolute Gasteiger partial charge is 0.107 e. The molecule has 1 aromatic heterocycles. The lowest BCUT2D eigenvalue weighted by atomic mass is 9.76. The molecule has 3 rings (SSSR count). The number of nitrogens with one attached hydrogen (secondary N) is 1. The number of hydrogen-bond acceptors (Lipinski definition) is 3. The highest BCUT2D eigenvalue weighted by Crippen LogP contribution is 2.40. The van der Waals surface area contributed by atoms with E-state index < -0.39 is 0 Å². The summed E-state index contributed by atoms with van der Waals surface area (Å²) in [5.74, 6) is 0.700. The van der Waals surface area contributed by atoms with E-state index in [0.29, 0.717) is 12.0 Å². The van der Waals surface area contributed by atoms with E-state index >= 15 is 0 Å². The molecule has 1 heterocycles. The normalized spacial score (nSPS) is 22.2. The summed E-state index contributed by atoms with van der Waals surface area (Å²) in [4.78, 5) is 5.67. The zero-order valence-corrected chi connectivity index (χ0v) is 13.3. The van der Waals surface area contributed by atoms with Crippen molar-refractivity contribution in [2.24, 2.45) is 0 Å². The number of halogens is 1. The number of nitrogens with zero attached hydrogens (tertiary/aromatic N) is 1. The van der Waals surface area contributed by atoms with E-state index in [-0.39, 0.29) is 0 Å². The van der Waals surface area contributed by atoms with Crippen molar-refractivity contribution in [3.05, 3.63) is 50.4 Å². The lowest BCUT2D eigenvalue weighted by molar-refractivity contribution is 0.289. The Bertz CT molecular complexity index is 561. The molecule has 0 spiro atoms. The maximum atomic E-state index is 4.39. The highest BCUT2D eigenvalue weighted by molar-refractivity contribution is 9.10. The van der Waals surface area contributed by atoms with Crippen molar-refractivity contribution in [3.8, 4) is 0 Å². The van der Waals surface area contributed by atoms with Crippen LogP contribution in [-0.2, 0) is 6.54 Å². The summed E-state index contributed by atoms with van der Waals surface area (Å²) in [5, 5.41) is 4.80. The topological polar surface area (TPSA) is 24.9 Å². The molecule has 1 aromatic carbocycles. The van der Waals surface area contributed by atoms with Crippen molar-refractivity contribution in [1.29, 1.82) is 0 Å². The van der Waals surface area contributed by atoms with E-state index in [9.17, 15) is 0 Å². The summed E-state index contributed by atoms with van der Waals surface area (Å²) < 4.78 is 1.24. The van der Waals surface area contributed by atoms with Gasteiger partial charge < -0.3 is 5.32 Å². The Kier molecular flexibility index (Phi) is 4.01. The van der Waals surface area contributed by atoms with Gasteiger partial charge in [0.2, 0.25) is 0 Å². The molecule has 2 aromatic rings. The molecule has 0 saturated heterocycles. The maximum Gasteiger partial charge on any atom is 0.107 e. The second-order valence-corrected chi connectivity index (χ2v) is 7.31.